The highest BCUT2D eigenvalue weighted by Gasteiger charge is 2.24. The van der Waals surface area contributed by atoms with Crippen LogP contribution < -0.4 is 10.3 Å². The maximum absolute atomic E-state index is 13.3. The van der Waals surface area contributed by atoms with Gasteiger partial charge in [-0.25, -0.2) is 4.98 Å². The van der Waals surface area contributed by atoms with Crippen molar-refractivity contribution < 1.29 is 9.66 Å². The van der Waals surface area contributed by atoms with Crippen LogP contribution in [0.3, 0.4) is 0 Å². The fourth-order valence-electron chi connectivity index (χ4n) is 3.01. The number of hydrogen-bond acceptors (Lipinski definition) is 6. The number of nitro benzene ring substituents is 1. The van der Waals surface area contributed by atoms with Gasteiger partial charge in [0.1, 0.15) is 5.82 Å². The molecule has 9 heteroatoms. The second-order valence-corrected chi connectivity index (χ2v) is 9.24. The molecule has 0 aliphatic carbocycles. The van der Waals surface area contributed by atoms with E-state index < -0.39 is 10.3 Å². The molecule has 0 spiro atoms. The summed E-state index contributed by atoms with van der Waals surface area (Å²) in [5.41, 5.74) is -0.00357. The summed E-state index contributed by atoms with van der Waals surface area (Å²) in [5.74, 6) is 0.577. The van der Waals surface area contributed by atoms with Crippen LogP contribution in [0, 0.1) is 10.1 Å². The van der Waals surface area contributed by atoms with Gasteiger partial charge in [-0.1, -0.05) is 42.8 Å². The molecule has 1 heterocycles. The molecule has 1 aromatic heterocycles. The van der Waals surface area contributed by atoms with Gasteiger partial charge >= 0.3 is 5.69 Å². The summed E-state index contributed by atoms with van der Waals surface area (Å²) in [7, 11) is 0. The molecule has 3 rings (SSSR count). The minimum absolute atomic E-state index is 0.105. The van der Waals surface area contributed by atoms with E-state index in [9.17, 15) is 14.9 Å². The maximum atomic E-state index is 13.3. The molecule has 0 radical (unpaired) electrons. The summed E-state index contributed by atoms with van der Waals surface area (Å²) in [6.45, 7) is 9.38. The minimum Gasteiger partial charge on any atom is -0.484 e. The standard InChI is InChI=1S/C22H23BrN4O4/c1-13(2)31-19-14(7-6-8-18(19)27(29)30)12-24-26-20(28)16-11-15(23)9-10-17(16)25-21(26)22(3,4)5/h6-13H,1-5H3. The van der Waals surface area contributed by atoms with Crippen molar-refractivity contribution in [3.63, 3.8) is 0 Å². The van der Waals surface area contributed by atoms with Crippen molar-refractivity contribution >= 4 is 38.7 Å². The topological polar surface area (TPSA) is 99.6 Å². The number of benzene rings is 2. The van der Waals surface area contributed by atoms with Crippen molar-refractivity contribution in [2.45, 2.75) is 46.1 Å². The average Bonchev–Trinajstić information content (AvgIpc) is 2.67. The van der Waals surface area contributed by atoms with Crippen molar-refractivity contribution in [2.75, 3.05) is 0 Å². The lowest BCUT2D eigenvalue weighted by Gasteiger charge is -2.21. The number of para-hydroxylation sites is 1. The van der Waals surface area contributed by atoms with E-state index in [1.54, 1.807) is 38.1 Å². The van der Waals surface area contributed by atoms with Crippen LogP contribution in [-0.2, 0) is 5.41 Å². The highest BCUT2D eigenvalue weighted by Crippen LogP contribution is 2.31. The van der Waals surface area contributed by atoms with Crippen LogP contribution in [0.4, 0.5) is 5.69 Å². The molecule has 3 aromatic rings. The predicted molar refractivity (Wildman–Crippen MR) is 124 cm³/mol. The fourth-order valence-corrected chi connectivity index (χ4v) is 3.37. The first-order valence-corrected chi connectivity index (χ1v) is 10.5. The van der Waals surface area contributed by atoms with E-state index in [-0.39, 0.29) is 23.1 Å². The Labute approximate surface area is 187 Å². The second kappa shape index (κ2) is 8.58. The van der Waals surface area contributed by atoms with E-state index >= 15 is 0 Å². The zero-order chi connectivity index (χ0) is 22.9. The highest BCUT2D eigenvalue weighted by molar-refractivity contribution is 9.10. The van der Waals surface area contributed by atoms with Gasteiger partial charge in [0.15, 0.2) is 0 Å². The third-order valence-electron chi connectivity index (χ3n) is 4.37. The van der Waals surface area contributed by atoms with Gasteiger partial charge in [-0.05, 0) is 38.1 Å². The molecule has 0 atom stereocenters. The van der Waals surface area contributed by atoms with Gasteiger partial charge in [0.05, 0.1) is 28.1 Å². The number of nitro groups is 1. The predicted octanol–water partition coefficient (Wildman–Crippen LogP) is 5.03. The molecule has 0 amide bonds. The molecule has 0 unspecified atom stereocenters. The molecule has 2 aromatic carbocycles. The van der Waals surface area contributed by atoms with E-state index in [0.29, 0.717) is 22.3 Å². The van der Waals surface area contributed by atoms with E-state index in [4.69, 9.17) is 4.74 Å². The van der Waals surface area contributed by atoms with Crippen LogP contribution in [0.5, 0.6) is 5.75 Å². The maximum Gasteiger partial charge on any atom is 0.311 e. The molecule has 0 saturated heterocycles. The molecule has 0 aliphatic heterocycles. The third-order valence-corrected chi connectivity index (χ3v) is 4.86. The normalized spacial score (nSPS) is 12.1. The first-order valence-electron chi connectivity index (χ1n) is 9.70. The summed E-state index contributed by atoms with van der Waals surface area (Å²) < 4.78 is 7.69. The van der Waals surface area contributed by atoms with Gasteiger partial charge in [-0.15, -0.1) is 0 Å². The number of aromatic nitrogens is 2. The molecule has 0 bridgehead atoms. The molecule has 0 fully saturated rings. The SMILES string of the molecule is CC(C)Oc1c(C=Nn2c(C(C)(C)C)nc3ccc(Br)cc3c2=O)cccc1[N+](=O)[O-]. The molecular formula is C22H23BrN4O4. The van der Waals surface area contributed by atoms with Gasteiger partial charge in [-0.2, -0.15) is 9.78 Å². The third kappa shape index (κ3) is 4.82. The Kier molecular flexibility index (Phi) is 6.26. The monoisotopic (exact) mass is 486 g/mol. The fraction of sp³-hybridized carbons (Fsp3) is 0.318. The molecule has 0 saturated carbocycles. The first-order chi connectivity index (χ1) is 14.5. The largest absolute Gasteiger partial charge is 0.484 e. The highest BCUT2D eigenvalue weighted by atomic mass is 79.9. The first kappa shape index (κ1) is 22.6. The van der Waals surface area contributed by atoms with Gasteiger partial charge in [-0.3, -0.25) is 14.9 Å². The van der Waals surface area contributed by atoms with Crippen molar-refractivity contribution in [3.8, 4) is 5.75 Å². The summed E-state index contributed by atoms with van der Waals surface area (Å²) >= 11 is 3.38. The lowest BCUT2D eigenvalue weighted by atomic mass is 9.95. The molecular weight excluding hydrogens is 464 g/mol. The van der Waals surface area contributed by atoms with Crippen LogP contribution in [0.15, 0.2) is 50.8 Å². The van der Waals surface area contributed by atoms with Crippen molar-refractivity contribution in [1.29, 1.82) is 0 Å². The molecule has 31 heavy (non-hydrogen) atoms. The lowest BCUT2D eigenvalue weighted by molar-refractivity contribution is -0.386. The van der Waals surface area contributed by atoms with E-state index in [1.807, 2.05) is 26.8 Å². The smallest absolute Gasteiger partial charge is 0.311 e. The van der Waals surface area contributed by atoms with Crippen LogP contribution in [0.25, 0.3) is 10.9 Å². The van der Waals surface area contributed by atoms with Gasteiger partial charge in [0.2, 0.25) is 5.75 Å². The van der Waals surface area contributed by atoms with Crippen LogP contribution in [0.2, 0.25) is 0 Å². The molecule has 162 valence electrons. The average molecular weight is 487 g/mol. The van der Waals surface area contributed by atoms with E-state index in [0.717, 1.165) is 4.47 Å². The zero-order valence-corrected chi connectivity index (χ0v) is 19.5. The van der Waals surface area contributed by atoms with Gasteiger partial charge in [0.25, 0.3) is 5.56 Å². The van der Waals surface area contributed by atoms with E-state index in [2.05, 4.69) is 26.0 Å². The quantitative estimate of drug-likeness (QED) is 0.285. The summed E-state index contributed by atoms with van der Waals surface area (Å²) in [6.07, 6.45) is 1.12. The Morgan fingerprint density at radius 1 is 1.26 bits per heavy atom. The number of fused-ring (bicyclic) bond motifs is 1. The Morgan fingerprint density at radius 3 is 2.58 bits per heavy atom. The Morgan fingerprint density at radius 2 is 1.97 bits per heavy atom. The van der Waals surface area contributed by atoms with Gasteiger partial charge in [0, 0.05) is 21.5 Å². The summed E-state index contributed by atoms with van der Waals surface area (Å²) in [6, 6.07) is 9.88. The van der Waals surface area contributed by atoms with Crippen LogP contribution in [0.1, 0.15) is 46.0 Å². The van der Waals surface area contributed by atoms with Crippen molar-refractivity contribution in [2.24, 2.45) is 5.10 Å². The van der Waals surface area contributed by atoms with Crippen LogP contribution in [-0.4, -0.2) is 26.9 Å². The number of nitrogens with zero attached hydrogens (tertiary/aromatic N) is 4. The number of halogens is 1. The second-order valence-electron chi connectivity index (χ2n) is 8.33. The van der Waals surface area contributed by atoms with Crippen LogP contribution >= 0.6 is 15.9 Å². The molecule has 8 nitrogen and oxygen atoms in total. The Balaban J connectivity index is 2.24. The summed E-state index contributed by atoms with van der Waals surface area (Å²) in [4.78, 5) is 28.9. The number of ether oxygens (including phenoxy) is 1. The van der Waals surface area contributed by atoms with Crippen molar-refractivity contribution in [1.82, 2.24) is 9.66 Å². The Bertz CT molecular complexity index is 1240. The number of hydrogen-bond donors (Lipinski definition) is 0. The molecule has 0 aliphatic rings. The van der Waals surface area contributed by atoms with Gasteiger partial charge < -0.3 is 4.74 Å². The van der Waals surface area contributed by atoms with Crippen molar-refractivity contribution in [3.05, 3.63) is 72.7 Å². The summed E-state index contributed by atoms with van der Waals surface area (Å²) in [5, 5.41) is 16.3. The minimum atomic E-state index is -0.503. The zero-order valence-electron chi connectivity index (χ0n) is 17.9. The Hall–Kier alpha value is -3.07. The number of rotatable bonds is 5. The molecule has 0 N–H and O–H groups in total. The van der Waals surface area contributed by atoms with E-state index in [1.165, 1.54) is 17.0 Å². The lowest BCUT2D eigenvalue weighted by Crippen LogP contribution is -2.29.